The minimum atomic E-state index is 0.415. The number of hydrogen-bond donors (Lipinski definition) is 1. The molecule has 11 heavy (non-hydrogen) atoms. The van der Waals surface area contributed by atoms with Crippen molar-refractivity contribution < 1.29 is 0 Å². The quantitative estimate of drug-likeness (QED) is 0.712. The monoisotopic (exact) mass is 212 g/mol. The van der Waals surface area contributed by atoms with Crippen LogP contribution in [0.1, 0.15) is 24.2 Å². The minimum absolute atomic E-state index is 0.415. The molecule has 2 nitrogen and oxygen atoms in total. The van der Waals surface area contributed by atoms with Gasteiger partial charge in [-0.15, -0.1) is 0 Å². The summed E-state index contributed by atoms with van der Waals surface area (Å²) in [6, 6.07) is 2.54. The lowest BCUT2D eigenvalue weighted by Crippen LogP contribution is -2.07. The minimum Gasteiger partial charge on any atom is -0.305 e. The van der Waals surface area contributed by atoms with Crippen molar-refractivity contribution in [3.8, 4) is 0 Å². The molecule has 1 aromatic rings. The van der Waals surface area contributed by atoms with E-state index in [-0.39, 0.29) is 0 Å². The van der Waals surface area contributed by atoms with Crippen molar-refractivity contribution in [1.82, 2.24) is 10.3 Å². The molecular formula is C8H9BrN2. The fourth-order valence-electron chi connectivity index (χ4n) is 1.38. The Morgan fingerprint density at radius 1 is 1.73 bits per heavy atom. The lowest BCUT2D eigenvalue weighted by molar-refractivity contribution is 0.623. The second-order valence-corrected chi connectivity index (χ2v) is 3.72. The summed E-state index contributed by atoms with van der Waals surface area (Å²) in [6.07, 6.45) is 1.85. The second kappa shape index (κ2) is 2.57. The highest BCUT2D eigenvalue weighted by Crippen LogP contribution is 2.24. The number of hydrogen-bond acceptors (Lipinski definition) is 2. The molecule has 1 aliphatic heterocycles. The van der Waals surface area contributed by atoms with Crippen molar-refractivity contribution in [3.63, 3.8) is 0 Å². The summed E-state index contributed by atoms with van der Waals surface area (Å²) in [5.74, 6) is 0. The summed E-state index contributed by atoms with van der Waals surface area (Å²) < 4.78 is 1.06. The third-order valence-corrected chi connectivity index (χ3v) is 2.41. The van der Waals surface area contributed by atoms with Gasteiger partial charge in [0.1, 0.15) is 0 Å². The second-order valence-electron chi connectivity index (χ2n) is 2.80. The Morgan fingerprint density at radius 2 is 2.55 bits per heavy atom. The molecule has 0 bridgehead atoms. The van der Waals surface area contributed by atoms with Crippen LogP contribution >= 0.6 is 15.9 Å². The third-order valence-electron chi connectivity index (χ3n) is 1.98. The Hall–Kier alpha value is -0.410. The lowest BCUT2D eigenvalue weighted by Gasteiger charge is -2.01. The molecule has 0 unspecified atom stereocenters. The Bertz CT molecular complexity index is 285. The van der Waals surface area contributed by atoms with E-state index >= 15 is 0 Å². The van der Waals surface area contributed by atoms with Gasteiger partial charge >= 0.3 is 0 Å². The molecule has 0 fully saturated rings. The van der Waals surface area contributed by atoms with Crippen molar-refractivity contribution >= 4 is 15.9 Å². The van der Waals surface area contributed by atoms with Gasteiger partial charge in [-0.05, 0) is 34.5 Å². The molecule has 0 saturated heterocycles. The van der Waals surface area contributed by atoms with Crippen LogP contribution < -0.4 is 5.32 Å². The molecule has 58 valence electrons. The van der Waals surface area contributed by atoms with Gasteiger partial charge in [-0.2, -0.15) is 0 Å². The standard InChI is InChI=1S/C8H9BrN2/c1-5-8-6(3-10-5)2-7(9)4-11-8/h2,4-5,10H,3H2,1H3/t5-/m1/s1. The van der Waals surface area contributed by atoms with E-state index in [0.717, 1.165) is 11.0 Å². The van der Waals surface area contributed by atoms with E-state index in [1.54, 1.807) is 0 Å². The number of nitrogens with zero attached hydrogens (tertiary/aromatic N) is 1. The van der Waals surface area contributed by atoms with Gasteiger partial charge in [-0.3, -0.25) is 4.98 Å². The number of halogens is 1. The van der Waals surface area contributed by atoms with Gasteiger partial charge in [-0.1, -0.05) is 0 Å². The van der Waals surface area contributed by atoms with Crippen molar-refractivity contribution in [3.05, 3.63) is 28.0 Å². The maximum atomic E-state index is 4.33. The molecule has 1 aliphatic rings. The average molecular weight is 213 g/mol. The molecule has 0 spiro atoms. The Morgan fingerprint density at radius 3 is 3.36 bits per heavy atom. The van der Waals surface area contributed by atoms with Crippen LogP contribution in [-0.4, -0.2) is 4.98 Å². The van der Waals surface area contributed by atoms with Crippen molar-refractivity contribution in [2.24, 2.45) is 0 Å². The predicted octanol–water partition coefficient (Wildman–Crippen LogP) is 2.01. The third kappa shape index (κ3) is 1.19. The first-order valence-electron chi connectivity index (χ1n) is 3.65. The zero-order valence-corrected chi connectivity index (χ0v) is 7.85. The molecule has 1 N–H and O–H groups in total. The van der Waals surface area contributed by atoms with Crippen LogP contribution in [-0.2, 0) is 6.54 Å². The maximum Gasteiger partial charge on any atom is 0.0616 e. The van der Waals surface area contributed by atoms with E-state index in [1.165, 1.54) is 11.3 Å². The van der Waals surface area contributed by atoms with Crippen LogP contribution in [0.5, 0.6) is 0 Å². The largest absolute Gasteiger partial charge is 0.305 e. The predicted molar refractivity (Wildman–Crippen MR) is 47.2 cm³/mol. The van der Waals surface area contributed by atoms with Gasteiger partial charge in [-0.25, -0.2) is 0 Å². The Labute approximate surface area is 74.2 Å². The van der Waals surface area contributed by atoms with Crippen molar-refractivity contribution in [2.45, 2.75) is 19.5 Å². The van der Waals surface area contributed by atoms with Crippen molar-refractivity contribution in [1.29, 1.82) is 0 Å². The van der Waals surface area contributed by atoms with Gasteiger partial charge in [0.05, 0.1) is 5.69 Å². The number of aromatic nitrogens is 1. The van der Waals surface area contributed by atoms with E-state index in [4.69, 9.17) is 0 Å². The molecule has 0 saturated carbocycles. The lowest BCUT2D eigenvalue weighted by atomic mass is 10.2. The van der Waals surface area contributed by atoms with Gasteiger partial charge in [0.25, 0.3) is 0 Å². The van der Waals surface area contributed by atoms with E-state index in [2.05, 4.69) is 39.2 Å². The topological polar surface area (TPSA) is 24.9 Å². The van der Waals surface area contributed by atoms with Crippen molar-refractivity contribution in [2.75, 3.05) is 0 Å². The number of pyridine rings is 1. The van der Waals surface area contributed by atoms with E-state index in [0.29, 0.717) is 6.04 Å². The molecule has 1 aromatic heterocycles. The molecule has 2 rings (SSSR count). The first-order chi connectivity index (χ1) is 5.27. The molecule has 0 amide bonds. The molecule has 1 atom stereocenters. The molecular weight excluding hydrogens is 204 g/mol. The van der Waals surface area contributed by atoms with Gasteiger partial charge in [0.2, 0.25) is 0 Å². The SMILES string of the molecule is C[C@H]1NCc2cc(Br)cnc21. The van der Waals surface area contributed by atoms with E-state index in [9.17, 15) is 0 Å². The van der Waals surface area contributed by atoms with Gasteiger partial charge < -0.3 is 5.32 Å². The molecule has 0 aliphatic carbocycles. The highest BCUT2D eigenvalue weighted by atomic mass is 79.9. The van der Waals surface area contributed by atoms with Crippen LogP contribution in [0.4, 0.5) is 0 Å². The number of rotatable bonds is 0. The molecule has 0 radical (unpaired) electrons. The fourth-order valence-corrected chi connectivity index (χ4v) is 1.76. The van der Waals surface area contributed by atoms with E-state index < -0.39 is 0 Å². The maximum absolute atomic E-state index is 4.33. The smallest absolute Gasteiger partial charge is 0.0616 e. The summed E-state index contributed by atoms with van der Waals surface area (Å²) in [4.78, 5) is 4.33. The highest BCUT2D eigenvalue weighted by molar-refractivity contribution is 9.10. The Balaban J connectivity index is 2.50. The van der Waals surface area contributed by atoms with Crippen LogP contribution in [0.3, 0.4) is 0 Å². The zero-order valence-electron chi connectivity index (χ0n) is 6.26. The first kappa shape index (κ1) is 7.25. The normalized spacial score (nSPS) is 21.8. The summed E-state index contributed by atoms with van der Waals surface area (Å²) in [6.45, 7) is 3.08. The molecule has 0 aromatic carbocycles. The van der Waals surface area contributed by atoms with Crippen LogP contribution in [0.15, 0.2) is 16.7 Å². The van der Waals surface area contributed by atoms with E-state index in [1.807, 2.05) is 6.20 Å². The van der Waals surface area contributed by atoms with Gasteiger partial charge in [0, 0.05) is 23.3 Å². The fraction of sp³-hybridized carbons (Fsp3) is 0.375. The average Bonchev–Trinajstić information content (AvgIpc) is 2.32. The van der Waals surface area contributed by atoms with Gasteiger partial charge in [0.15, 0.2) is 0 Å². The molecule has 3 heteroatoms. The van der Waals surface area contributed by atoms with Crippen LogP contribution in [0.2, 0.25) is 0 Å². The molecule has 2 heterocycles. The summed E-state index contributed by atoms with van der Waals surface area (Å²) >= 11 is 3.39. The summed E-state index contributed by atoms with van der Waals surface area (Å²) in [7, 11) is 0. The Kier molecular flexibility index (Phi) is 1.69. The summed E-state index contributed by atoms with van der Waals surface area (Å²) in [5, 5.41) is 3.33. The first-order valence-corrected chi connectivity index (χ1v) is 4.44. The number of fused-ring (bicyclic) bond motifs is 1. The zero-order chi connectivity index (χ0) is 7.84. The summed E-state index contributed by atoms with van der Waals surface area (Å²) in [5.41, 5.74) is 2.50. The highest BCUT2D eigenvalue weighted by Gasteiger charge is 2.18. The van der Waals surface area contributed by atoms with Crippen LogP contribution in [0.25, 0.3) is 0 Å². The van der Waals surface area contributed by atoms with Crippen LogP contribution in [0, 0.1) is 0 Å². The number of nitrogens with one attached hydrogen (secondary N) is 1.